The van der Waals surface area contributed by atoms with Crippen LogP contribution < -0.4 is 5.32 Å². The number of carbonyl (C=O) groups is 2. The summed E-state index contributed by atoms with van der Waals surface area (Å²) in [6.45, 7) is 3.03. The Morgan fingerprint density at radius 2 is 1.71 bits per heavy atom. The highest BCUT2D eigenvalue weighted by atomic mass is 16.5. The summed E-state index contributed by atoms with van der Waals surface area (Å²) >= 11 is 0. The summed E-state index contributed by atoms with van der Waals surface area (Å²) in [4.78, 5) is 25.6. The van der Waals surface area contributed by atoms with Crippen LogP contribution in [0, 0.1) is 0 Å². The van der Waals surface area contributed by atoms with Crippen molar-refractivity contribution in [1.29, 1.82) is 0 Å². The highest BCUT2D eigenvalue weighted by molar-refractivity contribution is 6.21. The summed E-state index contributed by atoms with van der Waals surface area (Å²) in [5, 5.41) is 3.29. The molecule has 2 heterocycles. The van der Waals surface area contributed by atoms with Crippen LogP contribution in [0.15, 0.2) is 24.3 Å². The van der Waals surface area contributed by atoms with Crippen molar-refractivity contribution in [3.63, 3.8) is 0 Å². The average molecular weight is 288 g/mol. The van der Waals surface area contributed by atoms with Crippen LogP contribution in [0.1, 0.15) is 40.0 Å². The zero-order valence-electron chi connectivity index (χ0n) is 12.0. The lowest BCUT2D eigenvalue weighted by atomic mass is 10.1. The summed E-state index contributed by atoms with van der Waals surface area (Å²) in [5.74, 6) is -0.366. The molecule has 0 spiro atoms. The number of carbonyl (C=O) groups excluding carboxylic acids is 2. The number of fused-ring (bicyclic) bond motifs is 1. The van der Waals surface area contributed by atoms with Crippen molar-refractivity contribution >= 4 is 11.8 Å². The second-order valence-corrected chi connectivity index (χ2v) is 5.48. The fourth-order valence-corrected chi connectivity index (χ4v) is 2.88. The third-order valence-corrected chi connectivity index (χ3v) is 4.04. The number of nitrogens with one attached hydrogen (secondary N) is 1. The van der Waals surface area contributed by atoms with E-state index >= 15 is 0 Å². The minimum absolute atomic E-state index is 0.183. The average Bonchev–Trinajstić information content (AvgIpc) is 2.77. The Bertz CT molecular complexity index is 503. The fourth-order valence-electron chi connectivity index (χ4n) is 2.88. The van der Waals surface area contributed by atoms with Gasteiger partial charge < -0.3 is 10.1 Å². The van der Waals surface area contributed by atoms with E-state index < -0.39 is 0 Å². The van der Waals surface area contributed by atoms with Crippen LogP contribution in [0.25, 0.3) is 0 Å². The van der Waals surface area contributed by atoms with Gasteiger partial charge in [0.1, 0.15) is 0 Å². The quantitative estimate of drug-likeness (QED) is 0.658. The molecule has 0 saturated carbocycles. The minimum Gasteiger partial charge on any atom is -0.378 e. The van der Waals surface area contributed by atoms with E-state index in [-0.39, 0.29) is 11.8 Å². The van der Waals surface area contributed by atoms with Crippen LogP contribution in [0.5, 0.6) is 0 Å². The van der Waals surface area contributed by atoms with Gasteiger partial charge in [0.05, 0.1) is 17.2 Å². The lowest BCUT2D eigenvalue weighted by Gasteiger charge is -2.23. The smallest absolute Gasteiger partial charge is 0.261 e. The first-order valence-corrected chi connectivity index (χ1v) is 7.55. The molecule has 0 aromatic heterocycles. The standard InChI is InChI=1S/C16H20N2O3/c19-15-13-4-1-2-5-14(13)16(20)18(15)10-3-11-21-12-6-8-17-9-7-12/h1-2,4-5,12,17H,3,6-11H2. The van der Waals surface area contributed by atoms with Gasteiger partial charge >= 0.3 is 0 Å². The Kier molecular flexibility index (Phi) is 4.31. The summed E-state index contributed by atoms with van der Waals surface area (Å²) in [6.07, 6.45) is 3.07. The first kappa shape index (κ1) is 14.2. The molecule has 1 fully saturated rings. The number of nitrogens with zero attached hydrogens (tertiary/aromatic N) is 1. The number of ether oxygens (including phenoxy) is 1. The topological polar surface area (TPSA) is 58.6 Å². The molecule has 5 heteroatoms. The molecule has 0 unspecified atom stereocenters. The Morgan fingerprint density at radius 1 is 1.10 bits per heavy atom. The molecular weight excluding hydrogens is 268 g/mol. The molecular formula is C16H20N2O3. The van der Waals surface area contributed by atoms with Gasteiger partial charge in [0.15, 0.2) is 0 Å². The number of amides is 2. The van der Waals surface area contributed by atoms with Gasteiger partial charge in [-0.25, -0.2) is 0 Å². The van der Waals surface area contributed by atoms with Gasteiger partial charge in [-0.2, -0.15) is 0 Å². The number of piperidine rings is 1. The van der Waals surface area contributed by atoms with E-state index in [0.717, 1.165) is 25.9 Å². The van der Waals surface area contributed by atoms with E-state index in [0.29, 0.717) is 36.8 Å². The van der Waals surface area contributed by atoms with Crippen LogP contribution in [0.3, 0.4) is 0 Å². The molecule has 1 aromatic rings. The van der Waals surface area contributed by atoms with Crippen LogP contribution in [-0.4, -0.2) is 49.1 Å². The van der Waals surface area contributed by atoms with Gasteiger partial charge in [0, 0.05) is 13.2 Å². The zero-order chi connectivity index (χ0) is 14.7. The van der Waals surface area contributed by atoms with E-state index in [2.05, 4.69) is 5.32 Å². The fraction of sp³-hybridized carbons (Fsp3) is 0.500. The molecule has 0 aliphatic carbocycles. The number of rotatable bonds is 5. The molecule has 21 heavy (non-hydrogen) atoms. The summed E-state index contributed by atoms with van der Waals surface area (Å²) in [5.41, 5.74) is 1.03. The second-order valence-electron chi connectivity index (χ2n) is 5.48. The van der Waals surface area contributed by atoms with E-state index in [4.69, 9.17) is 4.74 Å². The maximum absolute atomic E-state index is 12.2. The van der Waals surface area contributed by atoms with Crippen molar-refractivity contribution in [3.05, 3.63) is 35.4 Å². The van der Waals surface area contributed by atoms with Gasteiger partial charge in [-0.05, 0) is 44.5 Å². The van der Waals surface area contributed by atoms with E-state index in [1.54, 1.807) is 24.3 Å². The molecule has 5 nitrogen and oxygen atoms in total. The van der Waals surface area contributed by atoms with Gasteiger partial charge in [0.25, 0.3) is 11.8 Å². The molecule has 3 rings (SSSR count). The Morgan fingerprint density at radius 3 is 2.33 bits per heavy atom. The molecule has 0 atom stereocenters. The molecule has 2 aliphatic rings. The number of imide groups is 1. The van der Waals surface area contributed by atoms with Crippen molar-refractivity contribution in [1.82, 2.24) is 10.2 Å². The monoisotopic (exact) mass is 288 g/mol. The molecule has 1 N–H and O–H groups in total. The lowest BCUT2D eigenvalue weighted by molar-refractivity contribution is 0.0276. The maximum Gasteiger partial charge on any atom is 0.261 e. The molecule has 2 amide bonds. The molecule has 0 bridgehead atoms. The predicted molar refractivity (Wildman–Crippen MR) is 78.3 cm³/mol. The van der Waals surface area contributed by atoms with Gasteiger partial charge in [-0.1, -0.05) is 12.1 Å². The summed E-state index contributed by atoms with van der Waals surface area (Å²) in [6, 6.07) is 6.99. The molecule has 112 valence electrons. The van der Waals surface area contributed by atoms with Crippen molar-refractivity contribution < 1.29 is 14.3 Å². The largest absolute Gasteiger partial charge is 0.378 e. The third-order valence-electron chi connectivity index (χ3n) is 4.04. The number of hydrogen-bond acceptors (Lipinski definition) is 4. The highest BCUT2D eigenvalue weighted by Crippen LogP contribution is 2.22. The predicted octanol–water partition coefficient (Wildman–Crippen LogP) is 1.44. The van der Waals surface area contributed by atoms with Crippen LogP contribution in [-0.2, 0) is 4.74 Å². The number of hydrogen-bond donors (Lipinski definition) is 1. The van der Waals surface area contributed by atoms with Gasteiger partial charge in [-0.3, -0.25) is 14.5 Å². The molecule has 0 radical (unpaired) electrons. The molecule has 1 saturated heterocycles. The second kappa shape index (κ2) is 6.37. The Labute approximate surface area is 124 Å². The first-order valence-electron chi connectivity index (χ1n) is 7.55. The Balaban J connectivity index is 1.48. The lowest BCUT2D eigenvalue weighted by Crippen LogP contribution is -2.34. The zero-order valence-corrected chi connectivity index (χ0v) is 12.0. The molecule has 1 aromatic carbocycles. The highest BCUT2D eigenvalue weighted by Gasteiger charge is 2.34. The summed E-state index contributed by atoms with van der Waals surface area (Å²) < 4.78 is 5.80. The maximum atomic E-state index is 12.2. The summed E-state index contributed by atoms with van der Waals surface area (Å²) in [7, 11) is 0. The van der Waals surface area contributed by atoms with Gasteiger partial charge in [-0.15, -0.1) is 0 Å². The van der Waals surface area contributed by atoms with Crippen molar-refractivity contribution in [3.8, 4) is 0 Å². The van der Waals surface area contributed by atoms with Crippen molar-refractivity contribution in [2.24, 2.45) is 0 Å². The van der Waals surface area contributed by atoms with E-state index in [9.17, 15) is 9.59 Å². The third kappa shape index (κ3) is 2.99. The molecule has 2 aliphatic heterocycles. The number of benzene rings is 1. The first-order chi connectivity index (χ1) is 10.3. The van der Waals surface area contributed by atoms with Crippen LogP contribution in [0.4, 0.5) is 0 Å². The van der Waals surface area contributed by atoms with Crippen molar-refractivity contribution in [2.75, 3.05) is 26.2 Å². The minimum atomic E-state index is -0.183. The Hall–Kier alpha value is -1.72. The van der Waals surface area contributed by atoms with Gasteiger partial charge in [0.2, 0.25) is 0 Å². The van der Waals surface area contributed by atoms with Crippen LogP contribution >= 0.6 is 0 Å². The van der Waals surface area contributed by atoms with E-state index in [1.165, 1.54) is 4.90 Å². The SMILES string of the molecule is O=C1c2ccccc2C(=O)N1CCCOC1CCNCC1. The van der Waals surface area contributed by atoms with Crippen molar-refractivity contribution in [2.45, 2.75) is 25.4 Å². The van der Waals surface area contributed by atoms with Crippen LogP contribution in [0.2, 0.25) is 0 Å². The normalized spacial score (nSPS) is 19.1. The van der Waals surface area contributed by atoms with E-state index in [1.807, 2.05) is 0 Å².